The summed E-state index contributed by atoms with van der Waals surface area (Å²) in [6.45, 7) is 0. The normalized spacial score (nSPS) is 14.8. The third-order valence-electron chi connectivity index (χ3n) is 12.9. The number of hydrogen-bond donors (Lipinski definition) is 0. The van der Waals surface area contributed by atoms with Crippen molar-refractivity contribution >= 4 is 27.9 Å². The van der Waals surface area contributed by atoms with Crippen LogP contribution in [0.3, 0.4) is 0 Å². The fourth-order valence-electron chi connectivity index (χ4n) is 10.8. The molecule has 3 aliphatic rings. The Balaban J connectivity index is 1.22. The fourth-order valence-corrected chi connectivity index (χ4v) is 10.8. The van der Waals surface area contributed by atoms with Crippen LogP contribution in [0.1, 0.15) is 33.4 Å². The molecular formula is C54H33N3O. The Hall–Kier alpha value is -7.56. The number of rotatable bonds is 3. The van der Waals surface area contributed by atoms with E-state index in [1.165, 1.54) is 55.6 Å². The maximum Gasteiger partial charge on any atom is 0.229 e. The molecule has 3 heterocycles. The molecule has 4 heteroatoms. The first-order valence-electron chi connectivity index (χ1n) is 19.9. The monoisotopic (exact) mass is 739 g/mol. The summed E-state index contributed by atoms with van der Waals surface area (Å²) in [7, 11) is 0. The van der Waals surface area contributed by atoms with E-state index in [1.54, 1.807) is 0 Å². The van der Waals surface area contributed by atoms with E-state index in [-0.39, 0.29) is 0 Å². The van der Waals surface area contributed by atoms with Crippen LogP contribution < -0.4 is 4.90 Å². The number of para-hydroxylation sites is 2. The van der Waals surface area contributed by atoms with Crippen LogP contribution >= 0.6 is 0 Å². The van der Waals surface area contributed by atoms with Crippen molar-refractivity contribution < 1.29 is 4.42 Å². The van der Waals surface area contributed by atoms with Crippen molar-refractivity contribution in [2.24, 2.45) is 0 Å². The molecule has 0 saturated heterocycles. The molecule has 0 atom stereocenters. The minimum absolute atomic E-state index is 0.638. The summed E-state index contributed by atoms with van der Waals surface area (Å²) < 4.78 is 6.70. The van der Waals surface area contributed by atoms with Crippen molar-refractivity contribution in [2.45, 2.75) is 11.1 Å². The number of nitrogens with zero attached hydrogens (tertiary/aromatic N) is 3. The van der Waals surface area contributed by atoms with Gasteiger partial charge in [-0.05, 0) is 73.8 Å². The summed E-state index contributed by atoms with van der Waals surface area (Å²) in [5.74, 6) is 0.638. The van der Waals surface area contributed by atoms with Gasteiger partial charge in [-0.15, -0.1) is 0 Å². The van der Waals surface area contributed by atoms with Crippen molar-refractivity contribution in [3.05, 3.63) is 234 Å². The van der Waals surface area contributed by atoms with Gasteiger partial charge in [0.05, 0.1) is 11.4 Å². The van der Waals surface area contributed by atoms with E-state index in [1.807, 2.05) is 12.1 Å². The summed E-state index contributed by atoms with van der Waals surface area (Å²) in [6.07, 6.45) is 0. The predicted octanol–water partition coefficient (Wildman–Crippen LogP) is 12.8. The van der Waals surface area contributed by atoms with E-state index < -0.39 is 11.1 Å². The molecule has 2 aliphatic carbocycles. The Morgan fingerprint density at radius 1 is 0.362 bits per heavy atom. The highest BCUT2D eigenvalue weighted by Gasteiger charge is 2.67. The average Bonchev–Trinajstić information content (AvgIpc) is 4.00. The topological polar surface area (TPSA) is 42.2 Å². The molecule has 0 unspecified atom stereocenters. The zero-order valence-electron chi connectivity index (χ0n) is 31.3. The van der Waals surface area contributed by atoms with Crippen molar-refractivity contribution in [2.75, 3.05) is 4.90 Å². The van der Waals surface area contributed by atoms with E-state index in [4.69, 9.17) is 14.4 Å². The molecule has 1 aliphatic heterocycles. The van der Waals surface area contributed by atoms with Crippen LogP contribution in [0.5, 0.6) is 0 Å². The molecule has 0 radical (unpaired) electrons. The van der Waals surface area contributed by atoms with Crippen LogP contribution in [-0.4, -0.2) is 9.97 Å². The Labute approximate surface area is 335 Å². The molecule has 0 bridgehead atoms. The van der Waals surface area contributed by atoms with Gasteiger partial charge in [0.25, 0.3) is 0 Å². The van der Waals surface area contributed by atoms with Crippen LogP contribution in [0.4, 0.5) is 5.95 Å². The van der Waals surface area contributed by atoms with Gasteiger partial charge in [0.15, 0.2) is 0 Å². The van der Waals surface area contributed by atoms with E-state index in [0.29, 0.717) is 5.95 Å². The Kier molecular flexibility index (Phi) is 6.27. The number of fused-ring (bicyclic) bond motifs is 16. The first-order valence-corrected chi connectivity index (χ1v) is 19.9. The van der Waals surface area contributed by atoms with Gasteiger partial charge in [-0.1, -0.05) is 182 Å². The minimum atomic E-state index is -0.799. The molecule has 13 rings (SSSR count). The predicted molar refractivity (Wildman–Crippen MR) is 233 cm³/mol. The second kappa shape index (κ2) is 11.5. The molecule has 8 aromatic carbocycles. The summed E-state index contributed by atoms with van der Waals surface area (Å²) in [5.41, 5.74) is 15.9. The molecule has 4 nitrogen and oxygen atoms in total. The molecular weight excluding hydrogens is 707 g/mol. The summed E-state index contributed by atoms with van der Waals surface area (Å²) >= 11 is 0. The highest BCUT2D eigenvalue weighted by Crippen LogP contribution is 2.69. The number of aromatic nitrogens is 2. The van der Waals surface area contributed by atoms with Crippen molar-refractivity contribution in [3.8, 4) is 44.8 Å². The first-order chi connectivity index (χ1) is 28.8. The molecule has 270 valence electrons. The lowest BCUT2D eigenvalue weighted by atomic mass is 9.79. The lowest BCUT2D eigenvalue weighted by Gasteiger charge is -2.47. The number of benzene rings is 8. The fraction of sp³-hybridized carbons (Fsp3) is 0.0370. The standard InChI is InChI=1S/C54H33N3O/c1-2-17-34(18-3-1)48-33-49(41-25-16-24-40-39-23-8-15-32-50(39)58-51(40)41)56-52(55-48)57-53(42-26-9-4-19-35(42)36-20-5-10-27-43(36)53)46-30-13-14-31-47(46)54(57)44-28-11-6-21-37(44)38-22-7-12-29-45(38)54/h1-33H. The second-order valence-electron chi connectivity index (χ2n) is 15.6. The van der Waals surface area contributed by atoms with Gasteiger partial charge in [0, 0.05) is 21.9 Å². The van der Waals surface area contributed by atoms with E-state index in [0.717, 1.165) is 44.5 Å². The molecule has 2 spiro atoms. The maximum atomic E-state index is 6.70. The van der Waals surface area contributed by atoms with Gasteiger partial charge >= 0.3 is 0 Å². The zero-order chi connectivity index (χ0) is 38.0. The van der Waals surface area contributed by atoms with Crippen molar-refractivity contribution in [3.63, 3.8) is 0 Å². The Morgan fingerprint density at radius 2 is 0.793 bits per heavy atom. The maximum absolute atomic E-state index is 6.70. The highest BCUT2D eigenvalue weighted by molar-refractivity contribution is 6.09. The molecule has 0 fully saturated rings. The molecule has 0 amide bonds. The van der Waals surface area contributed by atoms with E-state index in [9.17, 15) is 0 Å². The summed E-state index contributed by atoms with van der Waals surface area (Å²) in [4.78, 5) is 14.1. The number of furan rings is 1. The van der Waals surface area contributed by atoms with Gasteiger partial charge in [-0.25, -0.2) is 9.97 Å². The molecule has 0 N–H and O–H groups in total. The minimum Gasteiger partial charge on any atom is -0.455 e. The Morgan fingerprint density at radius 3 is 1.36 bits per heavy atom. The van der Waals surface area contributed by atoms with E-state index in [2.05, 4.69) is 193 Å². The molecule has 10 aromatic rings. The first kappa shape index (κ1) is 31.6. The molecule has 0 saturated carbocycles. The van der Waals surface area contributed by atoms with Crippen LogP contribution in [-0.2, 0) is 11.1 Å². The SMILES string of the molecule is c1ccc(-c2cc(-c3cccc4c3oc3ccccc34)nc(N3C4(c5ccccc5-c5ccccc54)c4ccccc4C34c3ccccc3-c3ccccc34)n2)cc1. The molecule has 58 heavy (non-hydrogen) atoms. The van der Waals surface area contributed by atoms with Gasteiger partial charge < -0.3 is 9.32 Å². The van der Waals surface area contributed by atoms with Crippen LogP contribution in [0.2, 0.25) is 0 Å². The van der Waals surface area contributed by atoms with Crippen LogP contribution in [0.25, 0.3) is 66.7 Å². The Bertz CT molecular complexity index is 3110. The van der Waals surface area contributed by atoms with E-state index >= 15 is 0 Å². The average molecular weight is 740 g/mol. The summed E-state index contributed by atoms with van der Waals surface area (Å²) in [5, 5.41) is 2.15. The van der Waals surface area contributed by atoms with Crippen molar-refractivity contribution in [1.82, 2.24) is 9.97 Å². The van der Waals surface area contributed by atoms with Gasteiger partial charge in [-0.3, -0.25) is 0 Å². The van der Waals surface area contributed by atoms with Gasteiger partial charge in [0.1, 0.15) is 22.2 Å². The van der Waals surface area contributed by atoms with Crippen LogP contribution in [0, 0.1) is 0 Å². The third kappa shape index (κ3) is 3.84. The second-order valence-corrected chi connectivity index (χ2v) is 15.6. The van der Waals surface area contributed by atoms with Gasteiger partial charge in [-0.2, -0.15) is 0 Å². The third-order valence-corrected chi connectivity index (χ3v) is 12.9. The zero-order valence-corrected chi connectivity index (χ0v) is 31.3. The molecule has 2 aromatic heterocycles. The number of anilines is 1. The highest BCUT2D eigenvalue weighted by atomic mass is 16.3. The van der Waals surface area contributed by atoms with Crippen molar-refractivity contribution in [1.29, 1.82) is 0 Å². The summed E-state index contributed by atoms with van der Waals surface area (Å²) in [6, 6.07) is 72.2. The van der Waals surface area contributed by atoms with Crippen LogP contribution in [0.15, 0.2) is 205 Å². The lowest BCUT2D eigenvalue weighted by molar-refractivity contribution is 0.498. The quantitative estimate of drug-likeness (QED) is 0.181. The smallest absolute Gasteiger partial charge is 0.229 e. The van der Waals surface area contributed by atoms with Gasteiger partial charge in [0.2, 0.25) is 5.95 Å². The lowest BCUT2D eigenvalue weighted by Crippen LogP contribution is -2.53. The number of hydrogen-bond acceptors (Lipinski definition) is 4. The largest absolute Gasteiger partial charge is 0.455 e.